The van der Waals surface area contributed by atoms with E-state index in [2.05, 4.69) is 5.32 Å². The lowest BCUT2D eigenvalue weighted by atomic mass is 10.1. The van der Waals surface area contributed by atoms with Gasteiger partial charge in [0.1, 0.15) is 0 Å². The third-order valence-corrected chi connectivity index (χ3v) is 4.30. The van der Waals surface area contributed by atoms with Gasteiger partial charge in [-0.2, -0.15) is 0 Å². The van der Waals surface area contributed by atoms with Crippen molar-refractivity contribution in [2.45, 2.75) is 26.8 Å². The number of hydrogen-bond acceptors (Lipinski definition) is 3. The highest BCUT2D eigenvalue weighted by molar-refractivity contribution is 5.78. The highest BCUT2D eigenvalue weighted by Crippen LogP contribution is 2.28. The van der Waals surface area contributed by atoms with Crippen LogP contribution in [0.15, 0.2) is 67.0 Å². The molecular formula is C23H26N2O3. The summed E-state index contributed by atoms with van der Waals surface area (Å²) >= 11 is 0. The van der Waals surface area contributed by atoms with Gasteiger partial charge >= 0.3 is 0 Å². The molecule has 1 amide bonds. The number of carbonyl (C=O) groups is 1. The second kappa shape index (κ2) is 9.65. The average molecular weight is 378 g/mol. The van der Waals surface area contributed by atoms with E-state index in [1.54, 1.807) is 0 Å². The van der Waals surface area contributed by atoms with E-state index in [4.69, 9.17) is 9.47 Å². The molecule has 5 nitrogen and oxygen atoms in total. The minimum absolute atomic E-state index is 0.0268. The summed E-state index contributed by atoms with van der Waals surface area (Å²) in [5, 5.41) is 2.98. The topological polar surface area (TPSA) is 52.5 Å². The van der Waals surface area contributed by atoms with Crippen molar-refractivity contribution >= 4 is 5.91 Å². The summed E-state index contributed by atoms with van der Waals surface area (Å²) in [7, 11) is 0. The second-order valence-electron chi connectivity index (χ2n) is 6.36. The van der Waals surface area contributed by atoms with Crippen LogP contribution < -0.4 is 14.8 Å². The van der Waals surface area contributed by atoms with Crippen LogP contribution in [0.3, 0.4) is 0 Å². The smallest absolute Gasteiger partial charge is 0.224 e. The van der Waals surface area contributed by atoms with Crippen LogP contribution in [0.2, 0.25) is 0 Å². The first-order chi connectivity index (χ1) is 13.7. The molecule has 5 heteroatoms. The average Bonchev–Trinajstić information content (AvgIpc) is 3.24. The molecule has 0 fully saturated rings. The van der Waals surface area contributed by atoms with E-state index in [0.717, 1.165) is 16.8 Å². The van der Waals surface area contributed by atoms with Gasteiger partial charge in [-0.05, 0) is 61.4 Å². The van der Waals surface area contributed by atoms with E-state index in [0.29, 0.717) is 37.7 Å². The lowest BCUT2D eigenvalue weighted by Gasteiger charge is -2.12. The van der Waals surface area contributed by atoms with Crippen LogP contribution in [0.25, 0.3) is 5.69 Å². The van der Waals surface area contributed by atoms with Crippen molar-refractivity contribution in [3.63, 3.8) is 0 Å². The molecule has 0 aliphatic carbocycles. The van der Waals surface area contributed by atoms with E-state index in [1.165, 1.54) is 0 Å². The molecule has 0 radical (unpaired) electrons. The van der Waals surface area contributed by atoms with Gasteiger partial charge in [0.05, 0.1) is 19.6 Å². The maximum absolute atomic E-state index is 12.3. The van der Waals surface area contributed by atoms with Crippen LogP contribution >= 0.6 is 0 Å². The van der Waals surface area contributed by atoms with Crippen molar-refractivity contribution in [2.75, 3.05) is 13.2 Å². The molecule has 0 atom stereocenters. The molecular weight excluding hydrogens is 352 g/mol. The molecule has 0 spiro atoms. The van der Waals surface area contributed by atoms with Gasteiger partial charge < -0.3 is 19.4 Å². The van der Waals surface area contributed by atoms with Crippen LogP contribution in [-0.2, 0) is 17.8 Å². The zero-order valence-corrected chi connectivity index (χ0v) is 16.4. The number of hydrogen-bond donors (Lipinski definition) is 1. The molecule has 1 aromatic heterocycles. The first-order valence-corrected chi connectivity index (χ1v) is 9.57. The van der Waals surface area contributed by atoms with Gasteiger partial charge in [-0.15, -0.1) is 0 Å². The zero-order chi connectivity index (χ0) is 19.8. The van der Waals surface area contributed by atoms with E-state index < -0.39 is 0 Å². The van der Waals surface area contributed by atoms with Gasteiger partial charge in [-0.3, -0.25) is 4.79 Å². The Hall–Kier alpha value is -3.21. The second-order valence-corrected chi connectivity index (χ2v) is 6.36. The Bertz CT molecular complexity index is 887. The van der Waals surface area contributed by atoms with Crippen LogP contribution in [0.1, 0.15) is 25.0 Å². The number of nitrogens with one attached hydrogen (secondary N) is 1. The number of amides is 1. The number of aromatic nitrogens is 1. The summed E-state index contributed by atoms with van der Waals surface area (Å²) < 4.78 is 13.2. The third kappa shape index (κ3) is 5.16. The fourth-order valence-corrected chi connectivity index (χ4v) is 2.95. The van der Waals surface area contributed by atoms with E-state index in [-0.39, 0.29) is 5.91 Å². The fraction of sp³-hybridized carbons (Fsp3) is 0.261. The standard InChI is InChI=1S/C23H26N2O3/c1-3-27-21-12-9-19(15-22(21)28-4-2)16-23(26)24-17-18-7-10-20(11-8-18)25-13-5-6-14-25/h5-15H,3-4,16-17H2,1-2H3,(H,24,26). The minimum atomic E-state index is -0.0268. The largest absolute Gasteiger partial charge is 0.490 e. The first-order valence-electron chi connectivity index (χ1n) is 9.57. The summed E-state index contributed by atoms with van der Waals surface area (Å²) in [6.45, 7) is 5.48. The Kier molecular flexibility index (Phi) is 6.73. The van der Waals surface area contributed by atoms with Crippen molar-refractivity contribution in [3.05, 3.63) is 78.1 Å². The molecule has 3 rings (SSSR count). The molecule has 0 bridgehead atoms. The maximum atomic E-state index is 12.3. The molecule has 0 aliphatic rings. The zero-order valence-electron chi connectivity index (χ0n) is 16.4. The lowest BCUT2D eigenvalue weighted by molar-refractivity contribution is -0.120. The van der Waals surface area contributed by atoms with Gasteiger partial charge in [0, 0.05) is 24.6 Å². The molecule has 0 saturated heterocycles. The lowest BCUT2D eigenvalue weighted by Crippen LogP contribution is -2.24. The molecule has 0 aliphatic heterocycles. The fourth-order valence-electron chi connectivity index (χ4n) is 2.95. The Labute approximate surface area is 165 Å². The van der Waals surface area contributed by atoms with Crippen molar-refractivity contribution in [1.82, 2.24) is 9.88 Å². The Morgan fingerprint density at radius 3 is 2.21 bits per heavy atom. The molecule has 0 unspecified atom stereocenters. The van der Waals surface area contributed by atoms with Crippen molar-refractivity contribution in [3.8, 4) is 17.2 Å². The summed E-state index contributed by atoms with van der Waals surface area (Å²) in [6.07, 6.45) is 4.31. The number of carbonyl (C=O) groups excluding carboxylic acids is 1. The van der Waals surface area contributed by atoms with Gasteiger partial charge in [-0.1, -0.05) is 18.2 Å². The number of benzene rings is 2. The predicted octanol–water partition coefficient (Wildman–Crippen LogP) is 4.13. The molecule has 146 valence electrons. The van der Waals surface area contributed by atoms with Crippen molar-refractivity contribution < 1.29 is 14.3 Å². The molecule has 3 aromatic rings. The molecule has 28 heavy (non-hydrogen) atoms. The summed E-state index contributed by atoms with van der Waals surface area (Å²) in [5.74, 6) is 1.35. The Balaban J connectivity index is 1.56. The normalized spacial score (nSPS) is 10.5. The summed E-state index contributed by atoms with van der Waals surface area (Å²) in [6, 6.07) is 17.8. The van der Waals surface area contributed by atoms with Gasteiger partial charge in [-0.25, -0.2) is 0 Å². The van der Waals surface area contributed by atoms with E-state index in [9.17, 15) is 4.79 Å². The van der Waals surface area contributed by atoms with Crippen LogP contribution in [-0.4, -0.2) is 23.7 Å². The van der Waals surface area contributed by atoms with Gasteiger partial charge in [0.15, 0.2) is 11.5 Å². The van der Waals surface area contributed by atoms with Crippen LogP contribution in [0.4, 0.5) is 0 Å². The monoisotopic (exact) mass is 378 g/mol. The SMILES string of the molecule is CCOc1ccc(CC(=O)NCc2ccc(-n3cccc3)cc2)cc1OCC. The Morgan fingerprint density at radius 1 is 0.893 bits per heavy atom. The van der Waals surface area contributed by atoms with Gasteiger partial charge in [0.2, 0.25) is 5.91 Å². The van der Waals surface area contributed by atoms with Crippen LogP contribution in [0.5, 0.6) is 11.5 Å². The highest BCUT2D eigenvalue weighted by Gasteiger charge is 2.09. The first kappa shape index (κ1) is 19.5. The molecule has 1 N–H and O–H groups in total. The predicted molar refractivity (Wildman–Crippen MR) is 110 cm³/mol. The maximum Gasteiger partial charge on any atom is 0.224 e. The number of rotatable bonds is 9. The Morgan fingerprint density at radius 2 is 1.54 bits per heavy atom. The highest BCUT2D eigenvalue weighted by atomic mass is 16.5. The molecule has 1 heterocycles. The third-order valence-electron chi connectivity index (χ3n) is 4.30. The van der Waals surface area contributed by atoms with Crippen LogP contribution in [0, 0.1) is 0 Å². The van der Waals surface area contributed by atoms with Crippen molar-refractivity contribution in [1.29, 1.82) is 0 Å². The summed E-state index contributed by atoms with van der Waals surface area (Å²) in [5.41, 5.74) is 3.05. The van der Waals surface area contributed by atoms with E-state index >= 15 is 0 Å². The number of nitrogens with zero attached hydrogens (tertiary/aromatic N) is 1. The van der Waals surface area contributed by atoms with E-state index in [1.807, 2.05) is 85.4 Å². The van der Waals surface area contributed by atoms with Crippen molar-refractivity contribution in [2.24, 2.45) is 0 Å². The number of ether oxygens (including phenoxy) is 2. The minimum Gasteiger partial charge on any atom is -0.490 e. The van der Waals surface area contributed by atoms with Gasteiger partial charge in [0.25, 0.3) is 0 Å². The molecule has 2 aromatic carbocycles. The summed E-state index contributed by atoms with van der Waals surface area (Å²) in [4.78, 5) is 12.3. The molecule has 0 saturated carbocycles. The quantitative estimate of drug-likeness (QED) is 0.609.